The lowest BCUT2D eigenvalue weighted by Gasteiger charge is -2.32. The van der Waals surface area contributed by atoms with E-state index in [0.717, 1.165) is 46.3 Å². The number of fused-ring (bicyclic) bond motifs is 1. The van der Waals surface area contributed by atoms with Crippen LogP contribution in [0.1, 0.15) is 23.0 Å². The Hall–Kier alpha value is -1.46. The minimum atomic E-state index is 0.0983. The van der Waals surface area contributed by atoms with Crippen LogP contribution in [0.5, 0.6) is 0 Å². The fraction of sp³-hybridized carbons (Fsp3) is 0.375. The quantitative estimate of drug-likeness (QED) is 0.862. The lowest BCUT2D eigenvalue weighted by molar-refractivity contribution is 0.0711. The van der Waals surface area contributed by atoms with Gasteiger partial charge in [0.1, 0.15) is 0 Å². The van der Waals surface area contributed by atoms with Crippen LogP contribution < -0.4 is 5.32 Å². The lowest BCUT2D eigenvalue weighted by Crippen LogP contribution is -2.51. The maximum atomic E-state index is 12.9. The van der Waals surface area contributed by atoms with Crippen LogP contribution in [0, 0.1) is 6.92 Å². The molecule has 2 heterocycles. The van der Waals surface area contributed by atoms with E-state index < -0.39 is 0 Å². The first-order chi connectivity index (χ1) is 10.0. The molecule has 0 unspecified atom stereocenters. The lowest BCUT2D eigenvalue weighted by atomic mass is 10.1. The van der Waals surface area contributed by atoms with Crippen LogP contribution in [-0.4, -0.2) is 41.5 Å². The molecule has 1 saturated heterocycles. The molecule has 1 aliphatic rings. The molecule has 21 heavy (non-hydrogen) atoms. The van der Waals surface area contributed by atoms with Gasteiger partial charge in [-0.2, -0.15) is 0 Å². The highest BCUT2D eigenvalue weighted by atomic mass is 79.9. The van der Waals surface area contributed by atoms with Crippen LogP contribution in [-0.2, 0) is 0 Å². The second-order valence-electron chi connectivity index (χ2n) is 5.58. The van der Waals surface area contributed by atoms with Crippen molar-refractivity contribution in [3.05, 3.63) is 40.0 Å². The summed E-state index contributed by atoms with van der Waals surface area (Å²) in [5, 5.41) is 4.28. The summed E-state index contributed by atoms with van der Waals surface area (Å²) in [4.78, 5) is 19.3. The number of carbonyl (C=O) groups excluding carboxylic acids is 1. The highest BCUT2D eigenvalue weighted by Crippen LogP contribution is 2.24. The SMILES string of the molecule is Cc1cc(C(=O)N2CCN[C@@H](C)C2)c2ccc(Br)cc2n1. The molecule has 0 aliphatic carbocycles. The van der Waals surface area contributed by atoms with Gasteiger partial charge in [0.2, 0.25) is 0 Å². The third-order valence-corrected chi connectivity index (χ3v) is 4.28. The number of aromatic nitrogens is 1. The van der Waals surface area contributed by atoms with Crippen LogP contribution in [0.2, 0.25) is 0 Å². The van der Waals surface area contributed by atoms with Crippen molar-refractivity contribution in [3.63, 3.8) is 0 Å². The predicted octanol–water partition coefficient (Wildman–Crippen LogP) is 2.74. The number of halogens is 1. The van der Waals surface area contributed by atoms with Crippen molar-refractivity contribution in [1.82, 2.24) is 15.2 Å². The first kappa shape index (κ1) is 14.5. The van der Waals surface area contributed by atoms with Gasteiger partial charge in [-0.05, 0) is 32.0 Å². The number of rotatable bonds is 1. The van der Waals surface area contributed by atoms with Gasteiger partial charge in [0.25, 0.3) is 5.91 Å². The molecule has 110 valence electrons. The molecular weight excluding hydrogens is 330 g/mol. The summed E-state index contributed by atoms with van der Waals surface area (Å²) < 4.78 is 0.974. The summed E-state index contributed by atoms with van der Waals surface area (Å²) in [6, 6.07) is 8.11. The zero-order valence-electron chi connectivity index (χ0n) is 12.2. The van der Waals surface area contributed by atoms with Crippen molar-refractivity contribution in [3.8, 4) is 0 Å². The van der Waals surface area contributed by atoms with Crippen LogP contribution >= 0.6 is 15.9 Å². The Morgan fingerprint density at radius 2 is 2.24 bits per heavy atom. The molecule has 0 radical (unpaired) electrons. The van der Waals surface area contributed by atoms with E-state index >= 15 is 0 Å². The van der Waals surface area contributed by atoms with Gasteiger partial charge < -0.3 is 10.2 Å². The van der Waals surface area contributed by atoms with Crippen LogP contribution in [0.15, 0.2) is 28.7 Å². The van der Waals surface area contributed by atoms with Gasteiger partial charge in [0.15, 0.2) is 0 Å². The molecule has 2 aromatic rings. The van der Waals surface area contributed by atoms with E-state index in [1.165, 1.54) is 0 Å². The summed E-state index contributed by atoms with van der Waals surface area (Å²) >= 11 is 3.46. The number of hydrogen-bond acceptors (Lipinski definition) is 3. The van der Waals surface area contributed by atoms with Crippen LogP contribution in [0.25, 0.3) is 10.9 Å². The average Bonchev–Trinajstić information content (AvgIpc) is 2.45. The van der Waals surface area contributed by atoms with E-state index in [1.54, 1.807) is 0 Å². The molecule has 0 saturated carbocycles. The van der Waals surface area contributed by atoms with E-state index in [0.29, 0.717) is 6.04 Å². The molecule has 1 aromatic heterocycles. The number of aryl methyl sites for hydroxylation is 1. The Morgan fingerprint density at radius 1 is 1.43 bits per heavy atom. The number of amides is 1. The third kappa shape index (κ3) is 2.94. The van der Waals surface area contributed by atoms with Crippen molar-refractivity contribution >= 4 is 32.7 Å². The average molecular weight is 348 g/mol. The Morgan fingerprint density at radius 3 is 3.00 bits per heavy atom. The van der Waals surface area contributed by atoms with E-state index in [9.17, 15) is 4.79 Å². The molecule has 0 bridgehead atoms. The minimum Gasteiger partial charge on any atom is -0.336 e. The number of carbonyl (C=O) groups is 1. The second kappa shape index (κ2) is 5.73. The van der Waals surface area contributed by atoms with Gasteiger partial charge >= 0.3 is 0 Å². The number of piperazine rings is 1. The van der Waals surface area contributed by atoms with E-state index in [-0.39, 0.29) is 5.91 Å². The molecular formula is C16H18BrN3O. The second-order valence-corrected chi connectivity index (χ2v) is 6.49. The monoisotopic (exact) mass is 347 g/mol. The van der Waals surface area contributed by atoms with Gasteiger partial charge in [0.05, 0.1) is 11.1 Å². The number of nitrogens with zero attached hydrogens (tertiary/aromatic N) is 2. The molecule has 1 amide bonds. The van der Waals surface area contributed by atoms with Crippen molar-refractivity contribution in [1.29, 1.82) is 0 Å². The van der Waals surface area contributed by atoms with Crippen molar-refractivity contribution in [2.75, 3.05) is 19.6 Å². The number of benzene rings is 1. The molecule has 1 aliphatic heterocycles. The Labute approximate surface area is 132 Å². The fourth-order valence-electron chi connectivity index (χ4n) is 2.80. The molecule has 4 nitrogen and oxygen atoms in total. The molecule has 1 fully saturated rings. The first-order valence-corrected chi connectivity index (χ1v) is 7.93. The van der Waals surface area contributed by atoms with Gasteiger partial charge in [-0.25, -0.2) is 0 Å². The summed E-state index contributed by atoms with van der Waals surface area (Å²) in [5.41, 5.74) is 2.47. The zero-order valence-corrected chi connectivity index (χ0v) is 13.8. The normalized spacial score (nSPS) is 19.0. The molecule has 3 rings (SSSR count). The maximum absolute atomic E-state index is 12.9. The minimum absolute atomic E-state index is 0.0983. The summed E-state index contributed by atoms with van der Waals surface area (Å²) in [7, 11) is 0. The van der Waals surface area contributed by atoms with E-state index in [4.69, 9.17) is 0 Å². The molecule has 5 heteroatoms. The predicted molar refractivity (Wildman–Crippen MR) is 87.5 cm³/mol. The number of nitrogens with one attached hydrogen (secondary N) is 1. The Kier molecular flexibility index (Phi) is 3.95. The third-order valence-electron chi connectivity index (χ3n) is 3.79. The highest BCUT2D eigenvalue weighted by molar-refractivity contribution is 9.10. The van der Waals surface area contributed by atoms with Gasteiger partial charge in [-0.3, -0.25) is 9.78 Å². The van der Waals surface area contributed by atoms with Gasteiger partial charge in [-0.1, -0.05) is 22.0 Å². The Balaban J connectivity index is 2.04. The van der Waals surface area contributed by atoms with Crippen LogP contribution in [0.3, 0.4) is 0 Å². The first-order valence-electron chi connectivity index (χ1n) is 7.14. The van der Waals surface area contributed by atoms with Gasteiger partial charge in [0, 0.05) is 41.2 Å². The maximum Gasteiger partial charge on any atom is 0.254 e. The van der Waals surface area contributed by atoms with Crippen molar-refractivity contribution < 1.29 is 4.79 Å². The highest BCUT2D eigenvalue weighted by Gasteiger charge is 2.23. The molecule has 1 atom stereocenters. The van der Waals surface area contributed by atoms with Crippen molar-refractivity contribution in [2.24, 2.45) is 0 Å². The zero-order chi connectivity index (χ0) is 15.0. The number of pyridine rings is 1. The topological polar surface area (TPSA) is 45.2 Å². The largest absolute Gasteiger partial charge is 0.336 e. The summed E-state index contributed by atoms with van der Waals surface area (Å²) in [6.07, 6.45) is 0. The van der Waals surface area contributed by atoms with Crippen LogP contribution in [0.4, 0.5) is 0 Å². The number of hydrogen-bond donors (Lipinski definition) is 1. The Bertz CT molecular complexity index is 696. The molecule has 1 N–H and O–H groups in total. The van der Waals surface area contributed by atoms with Gasteiger partial charge in [-0.15, -0.1) is 0 Å². The van der Waals surface area contributed by atoms with Crippen molar-refractivity contribution in [2.45, 2.75) is 19.9 Å². The smallest absolute Gasteiger partial charge is 0.254 e. The van der Waals surface area contributed by atoms with E-state index in [2.05, 4.69) is 33.2 Å². The molecule has 0 spiro atoms. The molecule has 1 aromatic carbocycles. The standard InChI is InChI=1S/C16H18BrN3O/c1-10-7-14(13-4-3-12(17)8-15(13)19-10)16(21)20-6-5-18-11(2)9-20/h3-4,7-8,11,18H,5-6,9H2,1-2H3/t11-/m0/s1. The van der Waals surface area contributed by atoms with E-state index in [1.807, 2.05) is 36.1 Å². The summed E-state index contributed by atoms with van der Waals surface area (Å²) in [5.74, 6) is 0.0983. The summed E-state index contributed by atoms with van der Waals surface area (Å²) in [6.45, 7) is 6.38. The fourth-order valence-corrected chi connectivity index (χ4v) is 3.15.